The van der Waals surface area contributed by atoms with E-state index in [4.69, 9.17) is 0 Å². The highest BCUT2D eigenvalue weighted by molar-refractivity contribution is 7.92. The first-order valence-corrected chi connectivity index (χ1v) is 12.9. The smallest absolute Gasteiger partial charge is 0.242 e. The van der Waals surface area contributed by atoms with Gasteiger partial charge in [-0.25, -0.2) is 21.1 Å². The summed E-state index contributed by atoms with van der Waals surface area (Å²) in [6, 6.07) is 11.0. The van der Waals surface area contributed by atoms with Crippen LogP contribution in [0.5, 0.6) is 0 Å². The number of anilines is 1. The van der Waals surface area contributed by atoms with Crippen molar-refractivity contribution in [2.45, 2.75) is 31.7 Å². The summed E-state index contributed by atoms with van der Waals surface area (Å²) in [6.07, 6.45) is 0.999. The highest BCUT2D eigenvalue weighted by Gasteiger charge is 2.24. The largest absolute Gasteiger partial charge is 0.348 e. The van der Waals surface area contributed by atoms with E-state index < -0.39 is 32.5 Å². The Morgan fingerprint density at radius 2 is 1.58 bits per heavy atom. The summed E-state index contributed by atoms with van der Waals surface area (Å²) in [5, 5.41) is 2.84. The minimum absolute atomic E-state index is 0.0303. The molecule has 1 amide bonds. The second-order valence-corrected chi connectivity index (χ2v) is 11.8. The highest BCUT2D eigenvalue weighted by Crippen LogP contribution is 2.22. The quantitative estimate of drug-likeness (QED) is 0.641. The van der Waals surface area contributed by atoms with Gasteiger partial charge in [0.15, 0.2) is 0 Å². The summed E-state index contributed by atoms with van der Waals surface area (Å²) in [4.78, 5) is 12.7. The summed E-state index contributed by atoms with van der Waals surface area (Å²) in [6.45, 7) is 5.33. The van der Waals surface area contributed by atoms with Crippen molar-refractivity contribution in [2.24, 2.45) is 0 Å². The molecule has 2 aromatic rings. The van der Waals surface area contributed by atoms with Gasteiger partial charge in [0, 0.05) is 14.1 Å². The van der Waals surface area contributed by atoms with Crippen molar-refractivity contribution in [3.63, 3.8) is 0 Å². The molecular formula is C21H29N3O5S2. The molecule has 0 aliphatic heterocycles. The molecule has 8 nitrogen and oxygen atoms in total. The maximum Gasteiger partial charge on any atom is 0.242 e. The van der Waals surface area contributed by atoms with Crippen molar-refractivity contribution < 1.29 is 21.6 Å². The number of hydrogen-bond donors (Lipinski definition) is 1. The van der Waals surface area contributed by atoms with E-state index in [9.17, 15) is 21.6 Å². The Morgan fingerprint density at radius 1 is 1.00 bits per heavy atom. The molecule has 0 spiro atoms. The number of nitrogens with one attached hydrogen (secondary N) is 1. The van der Waals surface area contributed by atoms with Gasteiger partial charge in [-0.2, -0.15) is 0 Å². The van der Waals surface area contributed by atoms with Gasteiger partial charge in [0.05, 0.1) is 22.9 Å². The average Bonchev–Trinajstić information content (AvgIpc) is 2.67. The van der Waals surface area contributed by atoms with Gasteiger partial charge in [-0.3, -0.25) is 9.10 Å². The van der Waals surface area contributed by atoms with Gasteiger partial charge in [-0.05, 0) is 56.2 Å². The predicted octanol–water partition coefficient (Wildman–Crippen LogP) is 2.20. The number of aryl methyl sites for hydroxylation is 2. The molecule has 2 aromatic carbocycles. The molecule has 0 bridgehead atoms. The fourth-order valence-corrected chi connectivity index (χ4v) is 4.88. The first-order chi connectivity index (χ1) is 14.2. The summed E-state index contributed by atoms with van der Waals surface area (Å²) in [5.41, 5.74) is 3.25. The number of nitrogens with zero attached hydrogens (tertiary/aromatic N) is 2. The van der Waals surface area contributed by atoms with E-state index in [1.54, 1.807) is 0 Å². The molecule has 0 aliphatic rings. The lowest BCUT2D eigenvalue weighted by Gasteiger charge is -2.24. The van der Waals surface area contributed by atoms with E-state index in [1.807, 2.05) is 39.0 Å². The molecule has 10 heteroatoms. The topological polar surface area (TPSA) is 104 Å². The minimum Gasteiger partial charge on any atom is -0.348 e. The SMILES string of the molecule is Cc1ccc(C)c(C(C)NC(=O)CN(c2ccc(S(=O)(=O)N(C)C)cc2)S(C)(=O)=O)c1. The van der Waals surface area contributed by atoms with Gasteiger partial charge in [0.2, 0.25) is 26.0 Å². The van der Waals surface area contributed by atoms with Crippen LogP contribution in [0, 0.1) is 13.8 Å². The first-order valence-electron chi connectivity index (χ1n) is 9.60. The average molecular weight is 468 g/mol. The third kappa shape index (κ3) is 6.05. The van der Waals surface area contributed by atoms with Gasteiger partial charge in [0.25, 0.3) is 0 Å². The molecule has 0 aromatic heterocycles. The highest BCUT2D eigenvalue weighted by atomic mass is 32.2. The molecular weight excluding hydrogens is 438 g/mol. The van der Waals surface area contributed by atoms with E-state index in [-0.39, 0.29) is 16.6 Å². The maximum absolute atomic E-state index is 12.6. The van der Waals surface area contributed by atoms with E-state index in [2.05, 4.69) is 5.32 Å². The lowest BCUT2D eigenvalue weighted by atomic mass is 10.00. The van der Waals surface area contributed by atoms with Crippen molar-refractivity contribution in [1.82, 2.24) is 9.62 Å². The molecule has 0 heterocycles. The summed E-state index contributed by atoms with van der Waals surface area (Å²) in [7, 11) is -4.61. The second kappa shape index (κ2) is 9.37. The number of hydrogen-bond acceptors (Lipinski definition) is 5. The summed E-state index contributed by atoms with van der Waals surface area (Å²) >= 11 is 0. The van der Waals surface area contributed by atoms with Crippen LogP contribution in [0.4, 0.5) is 5.69 Å². The Kier molecular flexibility index (Phi) is 7.51. The molecule has 1 unspecified atom stereocenters. The Balaban J connectivity index is 2.24. The molecule has 1 atom stereocenters. The zero-order valence-corrected chi connectivity index (χ0v) is 20.2. The molecule has 0 saturated carbocycles. The number of carbonyl (C=O) groups excluding carboxylic acids is 1. The van der Waals surface area contributed by atoms with Crippen LogP contribution in [-0.2, 0) is 24.8 Å². The molecule has 1 N–H and O–H groups in total. The van der Waals surface area contributed by atoms with Crippen molar-refractivity contribution in [2.75, 3.05) is 31.2 Å². The molecule has 0 fully saturated rings. The van der Waals surface area contributed by atoms with E-state index >= 15 is 0 Å². The number of rotatable bonds is 8. The fraction of sp³-hybridized carbons (Fsp3) is 0.381. The first kappa shape index (κ1) is 24.8. The number of sulfonamides is 2. The number of amides is 1. The monoisotopic (exact) mass is 467 g/mol. The van der Waals surface area contributed by atoms with Crippen LogP contribution in [0.25, 0.3) is 0 Å². The standard InChI is InChI=1S/C21H29N3O5S2/c1-15-7-8-16(2)20(13-15)17(3)22-21(25)14-24(30(6,26)27)18-9-11-19(12-10-18)31(28,29)23(4)5/h7-13,17H,14H2,1-6H3,(H,22,25). The van der Waals surface area contributed by atoms with Gasteiger partial charge in [-0.15, -0.1) is 0 Å². The normalized spacial score (nSPS) is 13.1. The van der Waals surface area contributed by atoms with Crippen molar-refractivity contribution in [3.05, 3.63) is 59.2 Å². The third-order valence-electron chi connectivity index (χ3n) is 4.87. The fourth-order valence-electron chi connectivity index (χ4n) is 3.12. The Bertz CT molecular complexity index is 1160. The van der Waals surface area contributed by atoms with Crippen molar-refractivity contribution in [3.8, 4) is 0 Å². The third-order valence-corrected chi connectivity index (χ3v) is 7.84. The number of benzene rings is 2. The molecule has 0 saturated heterocycles. The molecule has 31 heavy (non-hydrogen) atoms. The van der Waals surface area contributed by atoms with Crippen molar-refractivity contribution in [1.29, 1.82) is 0 Å². The summed E-state index contributed by atoms with van der Waals surface area (Å²) < 4.78 is 51.1. The van der Waals surface area contributed by atoms with Crippen LogP contribution in [0.3, 0.4) is 0 Å². The van der Waals surface area contributed by atoms with Crippen molar-refractivity contribution >= 4 is 31.6 Å². The Labute approximate surface area is 185 Å². The predicted molar refractivity (Wildman–Crippen MR) is 122 cm³/mol. The van der Waals surface area contributed by atoms with Gasteiger partial charge in [0.1, 0.15) is 6.54 Å². The Hall–Kier alpha value is -2.43. The van der Waals surface area contributed by atoms with Crippen LogP contribution in [-0.4, -0.2) is 53.9 Å². The molecule has 0 aliphatic carbocycles. The maximum atomic E-state index is 12.6. The Morgan fingerprint density at radius 3 is 2.10 bits per heavy atom. The van der Waals surface area contributed by atoms with Crippen LogP contribution in [0.15, 0.2) is 47.4 Å². The van der Waals surface area contributed by atoms with Crippen LogP contribution in [0.2, 0.25) is 0 Å². The van der Waals surface area contributed by atoms with Crippen LogP contribution in [0.1, 0.15) is 29.7 Å². The minimum atomic E-state index is -3.78. The molecule has 2 rings (SSSR count). The lowest BCUT2D eigenvalue weighted by molar-refractivity contribution is -0.120. The van der Waals surface area contributed by atoms with Gasteiger partial charge < -0.3 is 5.32 Å². The zero-order valence-electron chi connectivity index (χ0n) is 18.6. The van der Waals surface area contributed by atoms with Crippen LogP contribution < -0.4 is 9.62 Å². The summed E-state index contributed by atoms with van der Waals surface area (Å²) in [5.74, 6) is -0.469. The van der Waals surface area contributed by atoms with Gasteiger partial charge in [-0.1, -0.05) is 23.8 Å². The van der Waals surface area contributed by atoms with Gasteiger partial charge >= 0.3 is 0 Å². The van der Waals surface area contributed by atoms with E-state index in [1.165, 1.54) is 38.4 Å². The van der Waals surface area contributed by atoms with E-state index in [0.717, 1.165) is 31.6 Å². The molecule has 0 radical (unpaired) electrons. The second-order valence-electron chi connectivity index (χ2n) is 7.70. The number of carbonyl (C=O) groups is 1. The lowest BCUT2D eigenvalue weighted by Crippen LogP contribution is -2.41. The molecule has 170 valence electrons. The zero-order chi connectivity index (χ0) is 23.6. The van der Waals surface area contributed by atoms with Crippen LogP contribution >= 0.6 is 0 Å². The van der Waals surface area contributed by atoms with E-state index in [0.29, 0.717) is 0 Å².